The molecule has 0 aliphatic heterocycles. The normalized spacial score (nSPS) is 12.0. The molecule has 0 spiro atoms. The quantitative estimate of drug-likeness (QED) is 0.499. The van der Waals surface area contributed by atoms with Crippen molar-refractivity contribution in [2.75, 3.05) is 7.05 Å². The number of carbonyl (C=O) groups excluding carboxylic acids is 1. The Morgan fingerprint density at radius 3 is 2.24 bits per heavy atom. The second-order valence-electron chi connectivity index (χ2n) is 5.82. The molecule has 0 saturated heterocycles. The molecule has 4 rings (SSSR count). The average Bonchev–Trinajstić information content (AvgIpc) is 3.29. The van der Waals surface area contributed by atoms with Gasteiger partial charge < -0.3 is 15.3 Å². The highest BCUT2D eigenvalue weighted by atomic mass is 16.1. The molecule has 0 aliphatic rings. The molecule has 1 atom stereocenters. The van der Waals surface area contributed by atoms with Crippen molar-refractivity contribution in [2.24, 2.45) is 0 Å². The van der Waals surface area contributed by atoms with Crippen LogP contribution in [-0.2, 0) is 0 Å². The van der Waals surface area contributed by atoms with E-state index in [1.54, 1.807) is 25.6 Å². The number of aromatic nitrogens is 4. The molecule has 128 valence electrons. The summed E-state index contributed by atoms with van der Waals surface area (Å²) in [7, 11) is 1.95. The number of Topliss-reactive ketones (excluding diaryl/α,β-unsaturated/α-hetero) is 1. The lowest BCUT2D eigenvalue weighted by atomic mass is 10.1. The lowest BCUT2D eigenvalue weighted by Gasteiger charge is -2.10. The Labute approximate surface area is 145 Å². The number of hydrogen-bond donors (Lipinski definition) is 3. The van der Waals surface area contributed by atoms with Crippen LogP contribution in [0.25, 0.3) is 22.1 Å². The second kappa shape index (κ2) is 7.27. The predicted octanol–water partition coefficient (Wildman–Crippen LogP) is 3.61. The van der Waals surface area contributed by atoms with Crippen LogP contribution >= 0.6 is 0 Å². The van der Waals surface area contributed by atoms with Gasteiger partial charge in [-0.3, -0.25) is 4.79 Å². The van der Waals surface area contributed by atoms with Crippen molar-refractivity contribution in [3.63, 3.8) is 0 Å². The van der Waals surface area contributed by atoms with Crippen LogP contribution < -0.4 is 5.32 Å². The maximum atomic E-state index is 11.1. The Balaban J connectivity index is 0.000000146. The van der Waals surface area contributed by atoms with Gasteiger partial charge in [-0.2, -0.15) is 0 Å². The van der Waals surface area contributed by atoms with E-state index < -0.39 is 0 Å². The zero-order valence-electron chi connectivity index (χ0n) is 14.5. The van der Waals surface area contributed by atoms with Crippen molar-refractivity contribution < 1.29 is 4.79 Å². The fourth-order valence-corrected chi connectivity index (χ4v) is 2.74. The molecule has 4 aromatic rings. The van der Waals surface area contributed by atoms with E-state index in [4.69, 9.17) is 0 Å². The van der Waals surface area contributed by atoms with Gasteiger partial charge in [0.2, 0.25) is 0 Å². The lowest BCUT2D eigenvalue weighted by Crippen LogP contribution is -2.12. The van der Waals surface area contributed by atoms with E-state index in [0.717, 1.165) is 22.1 Å². The first-order valence-corrected chi connectivity index (χ1v) is 8.14. The maximum absolute atomic E-state index is 11.1. The monoisotopic (exact) mass is 335 g/mol. The van der Waals surface area contributed by atoms with E-state index >= 15 is 0 Å². The Bertz CT molecular complexity index is 1000. The van der Waals surface area contributed by atoms with Crippen molar-refractivity contribution in [3.8, 4) is 0 Å². The molecule has 2 heterocycles. The van der Waals surface area contributed by atoms with Crippen molar-refractivity contribution in [1.82, 2.24) is 25.3 Å². The van der Waals surface area contributed by atoms with E-state index in [9.17, 15) is 4.79 Å². The van der Waals surface area contributed by atoms with E-state index in [-0.39, 0.29) is 5.78 Å². The summed E-state index contributed by atoms with van der Waals surface area (Å²) in [6.45, 7) is 3.67. The van der Waals surface area contributed by atoms with Gasteiger partial charge in [0, 0.05) is 11.6 Å². The fraction of sp³-hybridized carbons (Fsp3) is 0.211. The van der Waals surface area contributed by atoms with Gasteiger partial charge in [-0.25, -0.2) is 9.97 Å². The molecule has 2 aromatic carbocycles. The topological polar surface area (TPSA) is 86.5 Å². The van der Waals surface area contributed by atoms with Crippen molar-refractivity contribution in [1.29, 1.82) is 0 Å². The van der Waals surface area contributed by atoms with E-state index in [1.807, 2.05) is 31.3 Å². The third kappa shape index (κ3) is 3.44. The minimum absolute atomic E-state index is 0.0488. The van der Waals surface area contributed by atoms with Gasteiger partial charge in [0.1, 0.15) is 0 Å². The van der Waals surface area contributed by atoms with Crippen LogP contribution in [0.1, 0.15) is 35.8 Å². The van der Waals surface area contributed by atoms with Crippen LogP contribution in [-0.4, -0.2) is 32.8 Å². The Kier molecular flexibility index (Phi) is 4.90. The Morgan fingerprint density at radius 1 is 1.00 bits per heavy atom. The molecule has 2 aromatic heterocycles. The first kappa shape index (κ1) is 16.9. The highest BCUT2D eigenvalue weighted by molar-refractivity contribution is 6.04. The molecule has 3 N–H and O–H groups in total. The molecular weight excluding hydrogens is 314 g/mol. The summed E-state index contributed by atoms with van der Waals surface area (Å²) in [6.07, 6.45) is 3.33. The Hall–Kier alpha value is -2.99. The smallest absolute Gasteiger partial charge is 0.162 e. The van der Waals surface area contributed by atoms with Crippen LogP contribution in [0.15, 0.2) is 49.1 Å². The summed E-state index contributed by atoms with van der Waals surface area (Å²) in [5.74, 6) is 0.0488. The zero-order valence-corrected chi connectivity index (χ0v) is 14.5. The van der Waals surface area contributed by atoms with Crippen molar-refractivity contribution in [3.05, 3.63) is 60.2 Å². The lowest BCUT2D eigenvalue weighted by molar-refractivity contribution is 0.101. The number of fused-ring (bicyclic) bond motifs is 2. The molecule has 1 unspecified atom stereocenters. The second-order valence-corrected chi connectivity index (χ2v) is 5.82. The van der Waals surface area contributed by atoms with Crippen molar-refractivity contribution >= 4 is 27.9 Å². The first-order chi connectivity index (χ1) is 12.1. The summed E-state index contributed by atoms with van der Waals surface area (Å²) < 4.78 is 0. The Morgan fingerprint density at radius 2 is 1.60 bits per heavy atom. The van der Waals surface area contributed by atoms with Gasteiger partial charge in [-0.05, 0) is 44.7 Å². The number of nitrogens with one attached hydrogen (secondary N) is 3. The third-order valence-electron chi connectivity index (χ3n) is 4.21. The molecule has 0 fully saturated rings. The average molecular weight is 335 g/mol. The number of aromatic amines is 2. The molecule has 0 aliphatic carbocycles. The summed E-state index contributed by atoms with van der Waals surface area (Å²) in [5.41, 5.74) is 5.73. The zero-order chi connectivity index (χ0) is 17.8. The van der Waals surface area contributed by atoms with Crippen LogP contribution in [0.5, 0.6) is 0 Å². The summed E-state index contributed by atoms with van der Waals surface area (Å²) in [5, 5.41) is 3.21. The van der Waals surface area contributed by atoms with Gasteiger partial charge >= 0.3 is 0 Å². The number of ketones is 1. The van der Waals surface area contributed by atoms with Crippen LogP contribution in [0, 0.1) is 0 Å². The number of imidazole rings is 2. The molecule has 6 nitrogen and oxygen atoms in total. The fourth-order valence-electron chi connectivity index (χ4n) is 2.74. The van der Waals surface area contributed by atoms with Gasteiger partial charge in [-0.1, -0.05) is 18.2 Å². The predicted molar refractivity (Wildman–Crippen MR) is 99.7 cm³/mol. The first-order valence-electron chi connectivity index (χ1n) is 8.14. The summed E-state index contributed by atoms with van der Waals surface area (Å²) in [6, 6.07) is 12.0. The highest BCUT2D eigenvalue weighted by Gasteiger charge is 2.08. The van der Waals surface area contributed by atoms with Crippen LogP contribution in [0.3, 0.4) is 0 Å². The molecule has 0 saturated carbocycles. The van der Waals surface area contributed by atoms with Gasteiger partial charge in [-0.15, -0.1) is 0 Å². The molecule has 6 heteroatoms. The van der Waals surface area contributed by atoms with Crippen LogP contribution in [0.2, 0.25) is 0 Å². The molecule has 0 amide bonds. The van der Waals surface area contributed by atoms with Crippen molar-refractivity contribution in [2.45, 2.75) is 19.9 Å². The number of hydrogen-bond acceptors (Lipinski definition) is 4. The molecular formula is C19H21N5O. The minimum atomic E-state index is 0.0488. The largest absolute Gasteiger partial charge is 0.345 e. The van der Waals surface area contributed by atoms with E-state index in [2.05, 4.69) is 38.2 Å². The summed E-state index contributed by atoms with van der Waals surface area (Å²) >= 11 is 0. The molecule has 0 radical (unpaired) electrons. The summed E-state index contributed by atoms with van der Waals surface area (Å²) in [4.78, 5) is 25.5. The standard InChI is InChI=1S/C10H13N3.C9H8N2O/c1-7(11-2)8-4-3-5-9-10(8)13-6-12-9;1-6(12)7-3-2-4-8-9(7)11-5-10-8/h3-7,11H,1-2H3,(H,12,13);2-5H,1H3,(H,10,11). The maximum Gasteiger partial charge on any atom is 0.162 e. The SMILES string of the molecule is CC(=O)c1cccc2[nH]cnc12.CNC(C)c1cccc2[nH]cnc12. The number of para-hydroxylation sites is 2. The number of H-pyrrole nitrogens is 2. The number of rotatable bonds is 3. The number of carbonyl (C=O) groups is 1. The van der Waals surface area contributed by atoms with Gasteiger partial charge in [0.15, 0.2) is 5.78 Å². The number of nitrogens with zero attached hydrogens (tertiary/aromatic N) is 2. The number of benzene rings is 2. The van der Waals surface area contributed by atoms with E-state index in [1.165, 1.54) is 5.56 Å². The molecule has 0 bridgehead atoms. The van der Waals surface area contributed by atoms with Crippen LogP contribution in [0.4, 0.5) is 0 Å². The van der Waals surface area contributed by atoms with Gasteiger partial charge in [0.25, 0.3) is 0 Å². The van der Waals surface area contributed by atoms with Gasteiger partial charge in [0.05, 0.1) is 34.7 Å². The van der Waals surface area contributed by atoms with E-state index in [0.29, 0.717) is 11.6 Å². The molecule has 25 heavy (non-hydrogen) atoms. The minimum Gasteiger partial charge on any atom is -0.345 e. The third-order valence-corrected chi connectivity index (χ3v) is 4.21. The highest BCUT2D eigenvalue weighted by Crippen LogP contribution is 2.20.